The largest absolute Gasteiger partial charge is 0.327 e. The molecule has 3 N–H and O–H groups in total. The molecule has 2 fully saturated rings. The Morgan fingerprint density at radius 1 is 1.35 bits per heavy atom. The topological polar surface area (TPSA) is 55.1 Å². The van der Waals surface area contributed by atoms with Crippen molar-refractivity contribution in [3.05, 3.63) is 28.2 Å². The summed E-state index contributed by atoms with van der Waals surface area (Å²) in [5.41, 5.74) is 8.17. The van der Waals surface area contributed by atoms with Crippen LogP contribution in [0.2, 0.25) is 0 Å². The Morgan fingerprint density at radius 3 is 2.65 bits per heavy atom. The maximum Gasteiger partial charge on any atom is 0.229 e. The molecule has 1 aromatic carbocycles. The predicted octanol–water partition coefficient (Wildman–Crippen LogP) is 3.49. The van der Waals surface area contributed by atoms with Crippen molar-refractivity contribution in [3.8, 4) is 0 Å². The third kappa shape index (κ3) is 2.74. The summed E-state index contributed by atoms with van der Waals surface area (Å²) < 4.78 is 1.03. The van der Waals surface area contributed by atoms with Gasteiger partial charge in [0.2, 0.25) is 5.91 Å². The molecule has 0 aromatic heterocycles. The minimum absolute atomic E-state index is 0. The molecule has 0 radical (unpaired) electrons. The van der Waals surface area contributed by atoms with Crippen molar-refractivity contribution < 1.29 is 4.79 Å². The molecule has 5 heteroatoms. The molecule has 0 spiro atoms. The average Bonchev–Trinajstić information content (AvgIpc) is 2.93. The summed E-state index contributed by atoms with van der Waals surface area (Å²) in [4.78, 5) is 12.4. The zero-order chi connectivity index (χ0) is 13.6. The van der Waals surface area contributed by atoms with E-state index in [4.69, 9.17) is 5.73 Å². The minimum atomic E-state index is 0. The van der Waals surface area contributed by atoms with Crippen LogP contribution < -0.4 is 11.1 Å². The molecule has 2 saturated carbocycles. The van der Waals surface area contributed by atoms with E-state index < -0.39 is 0 Å². The summed E-state index contributed by atoms with van der Waals surface area (Å²) in [6.45, 7) is 2.00. The van der Waals surface area contributed by atoms with E-state index in [2.05, 4.69) is 21.2 Å². The van der Waals surface area contributed by atoms with Crippen LogP contribution in [-0.4, -0.2) is 11.9 Å². The van der Waals surface area contributed by atoms with Gasteiger partial charge in [-0.15, -0.1) is 12.4 Å². The van der Waals surface area contributed by atoms with E-state index in [0.29, 0.717) is 11.8 Å². The van der Waals surface area contributed by atoms with Crippen molar-refractivity contribution >= 4 is 39.9 Å². The van der Waals surface area contributed by atoms with Gasteiger partial charge in [0.1, 0.15) is 0 Å². The van der Waals surface area contributed by atoms with Crippen LogP contribution in [0.4, 0.5) is 5.69 Å². The Labute approximate surface area is 134 Å². The SMILES string of the molecule is Cc1cc(Br)ccc1NC(=O)C1C2CCC(C2)C1N.Cl. The van der Waals surface area contributed by atoms with Gasteiger partial charge in [0.15, 0.2) is 0 Å². The van der Waals surface area contributed by atoms with Crippen LogP contribution in [0.25, 0.3) is 0 Å². The van der Waals surface area contributed by atoms with Gasteiger partial charge in [-0.1, -0.05) is 15.9 Å². The number of aryl methyl sites for hydroxylation is 1. The van der Waals surface area contributed by atoms with Crippen molar-refractivity contribution in [2.24, 2.45) is 23.5 Å². The predicted molar refractivity (Wildman–Crippen MR) is 87.1 cm³/mol. The number of nitrogens with two attached hydrogens (primary N) is 1. The minimum Gasteiger partial charge on any atom is -0.327 e. The average molecular weight is 360 g/mol. The van der Waals surface area contributed by atoms with Gasteiger partial charge < -0.3 is 11.1 Å². The van der Waals surface area contributed by atoms with Gasteiger partial charge >= 0.3 is 0 Å². The van der Waals surface area contributed by atoms with Crippen LogP contribution in [-0.2, 0) is 4.79 Å². The molecule has 2 aliphatic rings. The van der Waals surface area contributed by atoms with Crippen molar-refractivity contribution in [1.29, 1.82) is 0 Å². The van der Waals surface area contributed by atoms with Gasteiger partial charge in [0, 0.05) is 16.2 Å². The van der Waals surface area contributed by atoms with E-state index in [1.54, 1.807) is 0 Å². The lowest BCUT2D eigenvalue weighted by atomic mass is 9.84. The molecular weight excluding hydrogens is 340 g/mol. The summed E-state index contributed by atoms with van der Waals surface area (Å²) in [5, 5.41) is 3.05. The first-order valence-electron chi connectivity index (χ1n) is 6.89. The molecule has 2 aliphatic carbocycles. The van der Waals surface area contributed by atoms with Gasteiger partial charge in [-0.25, -0.2) is 0 Å². The number of hydrogen-bond donors (Lipinski definition) is 2. The molecule has 3 rings (SSSR count). The number of amides is 1. The number of carbonyl (C=O) groups excluding carboxylic acids is 1. The number of fused-ring (bicyclic) bond motifs is 2. The van der Waals surface area contributed by atoms with Crippen LogP contribution in [0.1, 0.15) is 24.8 Å². The zero-order valence-electron chi connectivity index (χ0n) is 11.4. The second kappa shape index (κ2) is 6.04. The standard InChI is InChI=1S/C15H19BrN2O.ClH/c1-8-6-11(16)4-5-12(8)18-15(19)13-9-2-3-10(7-9)14(13)17;/h4-6,9-10,13-14H,2-3,7,17H2,1H3,(H,18,19);1H. The first-order chi connectivity index (χ1) is 9.06. The zero-order valence-corrected chi connectivity index (χ0v) is 13.8. The smallest absolute Gasteiger partial charge is 0.229 e. The van der Waals surface area contributed by atoms with Gasteiger partial charge in [-0.3, -0.25) is 4.79 Å². The lowest BCUT2D eigenvalue weighted by molar-refractivity contribution is -0.121. The molecular formula is C15H20BrClN2O. The van der Waals surface area contributed by atoms with E-state index in [0.717, 1.165) is 28.6 Å². The Kier molecular flexibility index (Phi) is 4.77. The lowest BCUT2D eigenvalue weighted by Crippen LogP contribution is -2.42. The van der Waals surface area contributed by atoms with Crippen LogP contribution in [0.5, 0.6) is 0 Å². The van der Waals surface area contributed by atoms with Crippen molar-refractivity contribution in [3.63, 3.8) is 0 Å². The lowest BCUT2D eigenvalue weighted by Gasteiger charge is -2.27. The number of hydrogen-bond acceptors (Lipinski definition) is 2. The highest BCUT2D eigenvalue weighted by atomic mass is 79.9. The van der Waals surface area contributed by atoms with E-state index >= 15 is 0 Å². The van der Waals surface area contributed by atoms with Gasteiger partial charge in [-0.2, -0.15) is 0 Å². The second-order valence-corrected chi connectivity index (χ2v) is 6.80. The fourth-order valence-electron chi connectivity index (χ4n) is 3.71. The quantitative estimate of drug-likeness (QED) is 0.849. The number of anilines is 1. The Hall–Kier alpha value is -0.580. The van der Waals surface area contributed by atoms with Crippen LogP contribution >= 0.6 is 28.3 Å². The molecule has 0 heterocycles. The molecule has 1 aromatic rings. The number of halogens is 2. The second-order valence-electron chi connectivity index (χ2n) is 5.88. The fraction of sp³-hybridized carbons (Fsp3) is 0.533. The number of carbonyl (C=O) groups is 1. The monoisotopic (exact) mass is 358 g/mol. The Bertz CT molecular complexity index is 521. The Morgan fingerprint density at radius 2 is 2.05 bits per heavy atom. The van der Waals surface area contributed by atoms with Crippen molar-refractivity contribution in [2.75, 3.05) is 5.32 Å². The summed E-state index contributed by atoms with van der Waals surface area (Å²) in [6, 6.07) is 5.95. The fourth-order valence-corrected chi connectivity index (χ4v) is 4.18. The van der Waals surface area contributed by atoms with Crippen LogP contribution in [0, 0.1) is 24.7 Å². The van der Waals surface area contributed by atoms with E-state index in [-0.39, 0.29) is 30.3 Å². The molecule has 3 nitrogen and oxygen atoms in total. The van der Waals surface area contributed by atoms with Crippen molar-refractivity contribution in [2.45, 2.75) is 32.2 Å². The summed E-state index contributed by atoms with van der Waals surface area (Å²) in [7, 11) is 0. The van der Waals surface area contributed by atoms with Crippen LogP contribution in [0.3, 0.4) is 0 Å². The molecule has 4 atom stereocenters. The molecule has 110 valence electrons. The van der Waals surface area contributed by atoms with E-state index in [1.165, 1.54) is 6.42 Å². The number of nitrogens with one attached hydrogen (secondary N) is 1. The molecule has 2 bridgehead atoms. The maximum absolute atomic E-state index is 12.4. The highest BCUT2D eigenvalue weighted by Gasteiger charge is 2.49. The summed E-state index contributed by atoms with van der Waals surface area (Å²) in [5.74, 6) is 1.16. The normalized spacial score (nSPS) is 30.9. The van der Waals surface area contributed by atoms with Crippen LogP contribution in [0.15, 0.2) is 22.7 Å². The van der Waals surface area contributed by atoms with E-state index in [1.807, 2.05) is 25.1 Å². The third-order valence-corrected chi connectivity index (χ3v) is 5.22. The highest BCUT2D eigenvalue weighted by Crippen LogP contribution is 2.47. The van der Waals surface area contributed by atoms with E-state index in [9.17, 15) is 4.79 Å². The van der Waals surface area contributed by atoms with Gasteiger partial charge in [0.05, 0.1) is 5.92 Å². The third-order valence-electron chi connectivity index (χ3n) is 4.73. The van der Waals surface area contributed by atoms with Gasteiger partial charge in [0.25, 0.3) is 0 Å². The molecule has 4 unspecified atom stereocenters. The van der Waals surface area contributed by atoms with Gasteiger partial charge in [-0.05, 0) is 61.8 Å². The molecule has 0 aliphatic heterocycles. The van der Waals surface area contributed by atoms with Crippen molar-refractivity contribution in [1.82, 2.24) is 0 Å². The number of benzene rings is 1. The molecule has 20 heavy (non-hydrogen) atoms. The number of rotatable bonds is 2. The summed E-state index contributed by atoms with van der Waals surface area (Å²) in [6.07, 6.45) is 3.50. The maximum atomic E-state index is 12.4. The molecule has 0 saturated heterocycles. The first-order valence-corrected chi connectivity index (χ1v) is 7.68. The summed E-state index contributed by atoms with van der Waals surface area (Å²) >= 11 is 3.43. The Balaban J connectivity index is 0.00000147. The first kappa shape index (κ1) is 15.8. The molecule has 1 amide bonds. The highest BCUT2D eigenvalue weighted by molar-refractivity contribution is 9.10.